The Morgan fingerprint density at radius 3 is 2.33 bits per heavy atom. The average molecular weight is 446 g/mol. The molecule has 1 aliphatic carbocycles. The van der Waals surface area contributed by atoms with Gasteiger partial charge in [-0.3, -0.25) is 0 Å². The SMILES string of the molecule is CC.CCNc1ccc2c(-c3ccccc3C(=O)O)c3ccc(=[N+](CC)CC)cc-3oc2c1. The fourth-order valence-corrected chi connectivity index (χ4v) is 4.16. The van der Waals surface area contributed by atoms with E-state index in [0.29, 0.717) is 5.56 Å². The molecule has 2 aliphatic rings. The second kappa shape index (κ2) is 10.8. The summed E-state index contributed by atoms with van der Waals surface area (Å²) in [6.07, 6.45) is 0. The minimum Gasteiger partial charge on any atom is -0.478 e. The number of hydrogen-bond acceptors (Lipinski definition) is 3. The predicted molar refractivity (Wildman–Crippen MR) is 137 cm³/mol. The highest BCUT2D eigenvalue weighted by Gasteiger charge is 2.22. The van der Waals surface area contributed by atoms with Gasteiger partial charge in [0.1, 0.15) is 24.4 Å². The van der Waals surface area contributed by atoms with Crippen LogP contribution in [0.1, 0.15) is 45.0 Å². The number of nitrogens with zero attached hydrogens (tertiary/aromatic N) is 1. The molecular formula is C28H33N2O3+. The summed E-state index contributed by atoms with van der Waals surface area (Å²) in [5.41, 5.74) is 4.43. The summed E-state index contributed by atoms with van der Waals surface area (Å²) in [6, 6.07) is 19.3. The molecule has 0 saturated heterocycles. The summed E-state index contributed by atoms with van der Waals surface area (Å²) < 4.78 is 8.62. The van der Waals surface area contributed by atoms with Gasteiger partial charge in [0.2, 0.25) is 5.36 Å². The monoisotopic (exact) mass is 445 g/mol. The third kappa shape index (κ3) is 4.77. The molecule has 2 N–H and O–H groups in total. The molecule has 0 aromatic heterocycles. The smallest absolute Gasteiger partial charge is 0.336 e. The number of benzene rings is 3. The Morgan fingerprint density at radius 2 is 1.67 bits per heavy atom. The van der Waals surface area contributed by atoms with Gasteiger partial charge in [-0.1, -0.05) is 32.0 Å². The molecule has 0 fully saturated rings. The second-order valence-electron chi connectivity index (χ2n) is 7.42. The van der Waals surface area contributed by atoms with Crippen LogP contribution < -0.4 is 15.2 Å². The van der Waals surface area contributed by atoms with Crippen LogP contribution in [-0.4, -0.2) is 30.7 Å². The van der Waals surface area contributed by atoms with Gasteiger partial charge in [0.25, 0.3) is 0 Å². The zero-order valence-electron chi connectivity index (χ0n) is 20.1. The molecular weight excluding hydrogens is 412 g/mol. The molecule has 5 nitrogen and oxygen atoms in total. The van der Waals surface area contributed by atoms with Crippen LogP contribution >= 0.6 is 0 Å². The quantitative estimate of drug-likeness (QED) is 0.275. The van der Waals surface area contributed by atoms with E-state index in [1.54, 1.807) is 12.1 Å². The lowest BCUT2D eigenvalue weighted by molar-refractivity contribution is 0.0697. The summed E-state index contributed by atoms with van der Waals surface area (Å²) >= 11 is 0. The fourth-order valence-electron chi connectivity index (χ4n) is 4.16. The van der Waals surface area contributed by atoms with Crippen molar-refractivity contribution in [2.45, 2.75) is 34.6 Å². The van der Waals surface area contributed by atoms with Crippen molar-refractivity contribution in [1.29, 1.82) is 0 Å². The summed E-state index contributed by atoms with van der Waals surface area (Å²) in [5.74, 6) is -0.206. The lowest BCUT2D eigenvalue weighted by Gasteiger charge is -2.17. The summed E-state index contributed by atoms with van der Waals surface area (Å²) in [5, 5.41) is 15.1. The number of nitrogens with one attached hydrogen (secondary N) is 1. The molecule has 2 aromatic rings. The van der Waals surface area contributed by atoms with Gasteiger partial charge in [0.05, 0.1) is 11.6 Å². The molecule has 4 rings (SSSR count). The Labute approximate surface area is 195 Å². The number of hydrogen-bond donors (Lipinski definition) is 2. The first-order valence-electron chi connectivity index (χ1n) is 11.7. The minimum atomic E-state index is -0.943. The Kier molecular flexibility index (Phi) is 7.88. The van der Waals surface area contributed by atoms with Crippen molar-refractivity contribution < 1.29 is 14.3 Å². The van der Waals surface area contributed by atoms with Gasteiger partial charge in [-0.2, -0.15) is 0 Å². The van der Waals surface area contributed by atoms with Crippen molar-refractivity contribution >= 4 is 22.6 Å². The molecule has 1 heterocycles. The van der Waals surface area contributed by atoms with E-state index in [1.165, 1.54) is 0 Å². The largest absolute Gasteiger partial charge is 0.478 e. The van der Waals surface area contributed by atoms with Crippen LogP contribution in [0.5, 0.6) is 0 Å². The number of carbonyl (C=O) groups is 1. The molecule has 0 saturated carbocycles. The first-order valence-corrected chi connectivity index (χ1v) is 11.7. The Hall–Kier alpha value is -3.60. The lowest BCUT2D eigenvalue weighted by Crippen LogP contribution is -2.29. The van der Waals surface area contributed by atoms with E-state index in [-0.39, 0.29) is 5.56 Å². The van der Waals surface area contributed by atoms with Gasteiger partial charge in [-0.05, 0) is 50.6 Å². The Morgan fingerprint density at radius 1 is 0.939 bits per heavy atom. The topological polar surface area (TPSA) is 65.5 Å². The molecule has 0 amide bonds. The Balaban J connectivity index is 0.00000149. The highest BCUT2D eigenvalue weighted by Crippen LogP contribution is 2.41. The van der Waals surface area contributed by atoms with E-state index in [1.807, 2.05) is 57.2 Å². The first-order chi connectivity index (χ1) is 16.1. The maximum absolute atomic E-state index is 12.0. The van der Waals surface area contributed by atoms with Gasteiger partial charge in [0.15, 0.2) is 0 Å². The third-order valence-corrected chi connectivity index (χ3v) is 5.64. The fraction of sp³-hybridized carbons (Fsp3) is 0.286. The molecule has 1 aliphatic heterocycles. The average Bonchev–Trinajstić information content (AvgIpc) is 2.84. The molecule has 0 spiro atoms. The van der Waals surface area contributed by atoms with E-state index in [9.17, 15) is 9.90 Å². The maximum atomic E-state index is 12.0. The van der Waals surface area contributed by atoms with E-state index < -0.39 is 5.97 Å². The first kappa shape index (κ1) is 24.1. The normalized spacial score (nSPS) is 10.6. The van der Waals surface area contributed by atoms with Crippen LogP contribution in [0.15, 0.2) is 65.1 Å². The van der Waals surface area contributed by atoms with E-state index in [2.05, 4.69) is 35.9 Å². The number of carboxylic acids is 1. The maximum Gasteiger partial charge on any atom is 0.336 e. The summed E-state index contributed by atoms with van der Waals surface area (Å²) in [4.78, 5) is 12.0. The van der Waals surface area contributed by atoms with Crippen molar-refractivity contribution in [3.63, 3.8) is 0 Å². The van der Waals surface area contributed by atoms with Crippen molar-refractivity contribution in [2.24, 2.45) is 0 Å². The van der Waals surface area contributed by atoms with Crippen molar-refractivity contribution in [1.82, 2.24) is 4.58 Å². The standard InChI is InChI=1S/C26H26N2O3.C2H6/c1-4-27-17-11-13-21-23(15-17)31-24-16-18(28(5-2)6-3)12-14-22(24)25(21)19-9-7-8-10-20(19)26(29)30;1-2/h7-16H,4-6H2,1-3H3,(H,29,30);1-2H3/p+1. The van der Waals surface area contributed by atoms with E-state index in [0.717, 1.165) is 58.5 Å². The highest BCUT2D eigenvalue weighted by atomic mass is 16.4. The summed E-state index contributed by atoms with van der Waals surface area (Å²) in [6.45, 7) is 12.9. The van der Waals surface area contributed by atoms with Crippen LogP contribution in [0, 0.1) is 0 Å². The zero-order valence-corrected chi connectivity index (χ0v) is 20.1. The molecule has 0 radical (unpaired) electrons. The molecule has 5 heteroatoms. The van der Waals surface area contributed by atoms with E-state index in [4.69, 9.17) is 4.42 Å². The lowest BCUT2D eigenvalue weighted by atomic mass is 9.90. The van der Waals surface area contributed by atoms with Crippen LogP contribution in [0.2, 0.25) is 0 Å². The third-order valence-electron chi connectivity index (χ3n) is 5.64. The Bertz CT molecular complexity index is 1300. The van der Waals surface area contributed by atoms with Gasteiger partial charge < -0.3 is 14.8 Å². The van der Waals surface area contributed by atoms with Gasteiger partial charge in [0, 0.05) is 40.9 Å². The molecule has 33 heavy (non-hydrogen) atoms. The van der Waals surface area contributed by atoms with E-state index >= 15 is 0 Å². The molecule has 0 bridgehead atoms. The van der Waals surface area contributed by atoms with Gasteiger partial charge in [-0.15, -0.1) is 0 Å². The minimum absolute atomic E-state index is 0.278. The molecule has 172 valence electrons. The summed E-state index contributed by atoms with van der Waals surface area (Å²) in [7, 11) is 0. The van der Waals surface area contributed by atoms with Gasteiger partial charge >= 0.3 is 5.97 Å². The number of rotatable bonds is 6. The van der Waals surface area contributed by atoms with Crippen molar-refractivity contribution in [3.8, 4) is 22.5 Å². The molecule has 0 unspecified atom stereocenters. The predicted octanol–water partition coefficient (Wildman–Crippen LogP) is 6.17. The number of anilines is 1. The van der Waals surface area contributed by atoms with Crippen LogP contribution in [0.4, 0.5) is 5.69 Å². The number of fused-ring (bicyclic) bond motifs is 2. The van der Waals surface area contributed by atoms with Crippen molar-refractivity contribution in [3.05, 3.63) is 71.6 Å². The zero-order chi connectivity index (χ0) is 24.0. The number of carboxylic acid groups (broad SMARTS) is 1. The molecule has 2 aromatic carbocycles. The van der Waals surface area contributed by atoms with Crippen LogP contribution in [-0.2, 0) is 0 Å². The van der Waals surface area contributed by atoms with Crippen LogP contribution in [0.3, 0.4) is 0 Å². The number of aromatic carboxylic acids is 1. The van der Waals surface area contributed by atoms with Crippen LogP contribution in [0.25, 0.3) is 33.4 Å². The second-order valence-corrected chi connectivity index (χ2v) is 7.42. The van der Waals surface area contributed by atoms with Crippen molar-refractivity contribution in [2.75, 3.05) is 25.0 Å². The highest BCUT2D eigenvalue weighted by molar-refractivity contribution is 6.07. The van der Waals surface area contributed by atoms with Gasteiger partial charge in [-0.25, -0.2) is 9.37 Å². The molecule has 0 atom stereocenters.